The van der Waals surface area contributed by atoms with E-state index in [2.05, 4.69) is 25.1 Å². The van der Waals surface area contributed by atoms with E-state index >= 15 is 0 Å². The van der Waals surface area contributed by atoms with Crippen molar-refractivity contribution in [3.05, 3.63) is 53.6 Å². The molecule has 16 heavy (non-hydrogen) atoms. The molecule has 82 valence electrons. The smallest absolute Gasteiger partial charge is 0.115 e. The molecule has 0 heterocycles. The molecule has 0 bridgehead atoms. The Morgan fingerprint density at radius 3 is 2.38 bits per heavy atom. The standard InChI is InChI=1S/C14H15NO/c1-10-2-7-14(12(8-10)9-15)11-3-5-13(16)6-4-11/h2-8,16H,9,15H2,1H3. The third kappa shape index (κ3) is 2.07. The van der Waals surface area contributed by atoms with Crippen LogP contribution in [0.1, 0.15) is 11.1 Å². The van der Waals surface area contributed by atoms with E-state index in [-0.39, 0.29) is 5.75 Å². The molecule has 2 aromatic carbocycles. The lowest BCUT2D eigenvalue weighted by molar-refractivity contribution is 0.475. The van der Waals surface area contributed by atoms with Gasteiger partial charge in [-0.15, -0.1) is 0 Å². The summed E-state index contributed by atoms with van der Waals surface area (Å²) in [6, 6.07) is 13.4. The zero-order chi connectivity index (χ0) is 11.5. The van der Waals surface area contributed by atoms with Crippen LogP contribution in [-0.4, -0.2) is 5.11 Å². The van der Waals surface area contributed by atoms with Crippen molar-refractivity contribution in [2.24, 2.45) is 5.73 Å². The number of nitrogens with two attached hydrogens (primary N) is 1. The normalized spacial score (nSPS) is 10.4. The molecule has 0 spiro atoms. The molecular formula is C14H15NO. The number of rotatable bonds is 2. The Labute approximate surface area is 95.4 Å². The molecule has 2 nitrogen and oxygen atoms in total. The molecule has 2 aromatic rings. The Morgan fingerprint density at radius 2 is 1.75 bits per heavy atom. The predicted molar refractivity (Wildman–Crippen MR) is 66.2 cm³/mol. The van der Waals surface area contributed by atoms with Gasteiger partial charge in [-0.3, -0.25) is 0 Å². The van der Waals surface area contributed by atoms with Gasteiger partial charge in [0.25, 0.3) is 0 Å². The Morgan fingerprint density at radius 1 is 1.06 bits per heavy atom. The van der Waals surface area contributed by atoms with E-state index in [1.165, 1.54) is 5.56 Å². The van der Waals surface area contributed by atoms with Crippen LogP contribution in [-0.2, 0) is 6.54 Å². The van der Waals surface area contributed by atoms with Gasteiger partial charge in [0.15, 0.2) is 0 Å². The van der Waals surface area contributed by atoms with Crippen LogP contribution in [0.2, 0.25) is 0 Å². The summed E-state index contributed by atoms with van der Waals surface area (Å²) in [7, 11) is 0. The van der Waals surface area contributed by atoms with E-state index in [0.29, 0.717) is 6.54 Å². The van der Waals surface area contributed by atoms with E-state index in [4.69, 9.17) is 5.73 Å². The molecule has 2 rings (SSSR count). The molecule has 0 radical (unpaired) electrons. The molecule has 0 saturated heterocycles. The van der Waals surface area contributed by atoms with Crippen LogP contribution in [0.25, 0.3) is 11.1 Å². The third-order valence-corrected chi connectivity index (χ3v) is 2.66. The van der Waals surface area contributed by atoms with Gasteiger partial charge in [0.2, 0.25) is 0 Å². The number of phenols is 1. The predicted octanol–water partition coefficient (Wildman–Crippen LogP) is 2.83. The molecule has 0 aromatic heterocycles. The minimum Gasteiger partial charge on any atom is -0.508 e. The molecule has 0 aliphatic rings. The number of phenolic OH excluding ortho intramolecular Hbond substituents is 1. The summed E-state index contributed by atoms with van der Waals surface area (Å²) in [6.45, 7) is 2.58. The number of aromatic hydroxyl groups is 1. The maximum atomic E-state index is 9.25. The molecular weight excluding hydrogens is 198 g/mol. The zero-order valence-corrected chi connectivity index (χ0v) is 9.27. The Balaban J connectivity index is 2.51. The molecule has 0 atom stereocenters. The van der Waals surface area contributed by atoms with Crippen LogP contribution < -0.4 is 5.73 Å². The van der Waals surface area contributed by atoms with Crippen molar-refractivity contribution < 1.29 is 5.11 Å². The van der Waals surface area contributed by atoms with Crippen molar-refractivity contribution >= 4 is 0 Å². The minimum atomic E-state index is 0.283. The van der Waals surface area contributed by atoms with E-state index in [0.717, 1.165) is 16.7 Å². The second kappa shape index (κ2) is 4.37. The van der Waals surface area contributed by atoms with Crippen LogP contribution in [0.3, 0.4) is 0 Å². The summed E-state index contributed by atoms with van der Waals surface area (Å²) in [5.74, 6) is 0.283. The van der Waals surface area contributed by atoms with Gasteiger partial charge in [-0.1, -0.05) is 35.9 Å². The molecule has 0 aliphatic heterocycles. The van der Waals surface area contributed by atoms with Crippen LogP contribution in [0.4, 0.5) is 0 Å². The van der Waals surface area contributed by atoms with Crippen molar-refractivity contribution in [1.82, 2.24) is 0 Å². The zero-order valence-electron chi connectivity index (χ0n) is 9.27. The average Bonchev–Trinajstić information content (AvgIpc) is 2.30. The van der Waals surface area contributed by atoms with Gasteiger partial charge in [0.05, 0.1) is 0 Å². The maximum Gasteiger partial charge on any atom is 0.115 e. The van der Waals surface area contributed by atoms with Crippen LogP contribution in [0.5, 0.6) is 5.75 Å². The summed E-state index contributed by atoms with van der Waals surface area (Å²) in [4.78, 5) is 0. The fourth-order valence-corrected chi connectivity index (χ4v) is 1.81. The van der Waals surface area contributed by atoms with Crippen LogP contribution in [0.15, 0.2) is 42.5 Å². The Kier molecular flexibility index (Phi) is 2.93. The fourth-order valence-electron chi connectivity index (χ4n) is 1.81. The lowest BCUT2D eigenvalue weighted by Gasteiger charge is -2.09. The van der Waals surface area contributed by atoms with Crippen molar-refractivity contribution in [2.45, 2.75) is 13.5 Å². The highest BCUT2D eigenvalue weighted by molar-refractivity contribution is 5.68. The molecule has 0 unspecified atom stereocenters. The van der Waals surface area contributed by atoms with Crippen molar-refractivity contribution in [2.75, 3.05) is 0 Å². The summed E-state index contributed by atoms with van der Waals surface area (Å²) in [5, 5.41) is 9.25. The highest BCUT2D eigenvalue weighted by Crippen LogP contribution is 2.26. The van der Waals surface area contributed by atoms with E-state index in [1.807, 2.05) is 12.1 Å². The van der Waals surface area contributed by atoms with Gasteiger partial charge >= 0.3 is 0 Å². The fraction of sp³-hybridized carbons (Fsp3) is 0.143. The largest absolute Gasteiger partial charge is 0.508 e. The first-order valence-electron chi connectivity index (χ1n) is 5.29. The van der Waals surface area contributed by atoms with E-state index in [1.54, 1.807) is 12.1 Å². The quantitative estimate of drug-likeness (QED) is 0.805. The van der Waals surface area contributed by atoms with Gasteiger partial charge in [-0.25, -0.2) is 0 Å². The highest BCUT2D eigenvalue weighted by atomic mass is 16.3. The number of hydrogen-bond donors (Lipinski definition) is 2. The second-order valence-corrected chi connectivity index (χ2v) is 3.91. The summed E-state index contributed by atoms with van der Waals surface area (Å²) in [6.07, 6.45) is 0. The van der Waals surface area contributed by atoms with Crippen molar-refractivity contribution in [3.8, 4) is 16.9 Å². The minimum absolute atomic E-state index is 0.283. The van der Waals surface area contributed by atoms with Gasteiger partial charge in [-0.05, 0) is 35.7 Å². The van der Waals surface area contributed by atoms with Crippen molar-refractivity contribution in [1.29, 1.82) is 0 Å². The maximum absolute atomic E-state index is 9.25. The average molecular weight is 213 g/mol. The Bertz CT molecular complexity index is 489. The lowest BCUT2D eigenvalue weighted by atomic mass is 9.98. The van der Waals surface area contributed by atoms with Crippen molar-refractivity contribution in [3.63, 3.8) is 0 Å². The number of benzene rings is 2. The van der Waals surface area contributed by atoms with E-state index in [9.17, 15) is 5.11 Å². The van der Waals surface area contributed by atoms with Gasteiger partial charge in [0.1, 0.15) is 5.75 Å². The Hall–Kier alpha value is -1.80. The second-order valence-electron chi connectivity index (χ2n) is 3.91. The highest BCUT2D eigenvalue weighted by Gasteiger charge is 2.03. The lowest BCUT2D eigenvalue weighted by Crippen LogP contribution is -1.99. The molecule has 3 N–H and O–H groups in total. The number of aryl methyl sites for hydroxylation is 1. The van der Waals surface area contributed by atoms with Gasteiger partial charge in [-0.2, -0.15) is 0 Å². The first-order valence-corrected chi connectivity index (χ1v) is 5.29. The van der Waals surface area contributed by atoms with E-state index < -0.39 is 0 Å². The van der Waals surface area contributed by atoms with Crippen LogP contribution >= 0.6 is 0 Å². The summed E-state index contributed by atoms with van der Waals surface area (Å²) < 4.78 is 0. The molecule has 2 heteroatoms. The first-order chi connectivity index (χ1) is 7.70. The number of hydrogen-bond acceptors (Lipinski definition) is 2. The molecule has 0 amide bonds. The monoisotopic (exact) mass is 213 g/mol. The van der Waals surface area contributed by atoms with Crippen LogP contribution in [0, 0.1) is 6.92 Å². The SMILES string of the molecule is Cc1ccc(-c2ccc(O)cc2)c(CN)c1. The molecule has 0 fully saturated rings. The van der Waals surface area contributed by atoms with Gasteiger partial charge in [0, 0.05) is 6.54 Å². The topological polar surface area (TPSA) is 46.2 Å². The molecule has 0 saturated carbocycles. The summed E-state index contributed by atoms with van der Waals surface area (Å²) in [5.41, 5.74) is 10.3. The third-order valence-electron chi connectivity index (χ3n) is 2.66. The van der Waals surface area contributed by atoms with Gasteiger partial charge < -0.3 is 10.8 Å². The first kappa shape index (κ1) is 10.7. The molecule has 0 aliphatic carbocycles. The summed E-state index contributed by atoms with van der Waals surface area (Å²) >= 11 is 0.